The highest BCUT2D eigenvalue weighted by molar-refractivity contribution is 5.76. The second-order valence-electron chi connectivity index (χ2n) is 26.7. The fraction of sp³-hybridized carbons (Fsp3) is 0.738. The van der Waals surface area contributed by atoms with Crippen LogP contribution in [0.2, 0.25) is 0 Å². The summed E-state index contributed by atoms with van der Waals surface area (Å²) in [4.78, 5) is 13.4. The summed E-state index contributed by atoms with van der Waals surface area (Å²) in [5.74, 6) is -0.325. The molecule has 0 aromatic carbocycles. The molecule has 568 valence electrons. The third-order valence-electron chi connectivity index (χ3n) is 18.2. The number of amides is 1. The largest absolute Gasteiger partial charge is 0.394 e. The molecule has 0 radical (unpaired) electrons. The summed E-state index contributed by atoms with van der Waals surface area (Å²) in [6, 6.07) is -1.03. The Morgan fingerprint density at radius 1 is 0.374 bits per heavy atom. The maximum Gasteiger partial charge on any atom is 0.220 e. The van der Waals surface area contributed by atoms with Crippen molar-refractivity contribution >= 4 is 5.91 Å². The lowest BCUT2D eigenvalue weighted by Crippen LogP contribution is -2.66. The summed E-state index contributed by atoms with van der Waals surface area (Å²) in [5.41, 5.74) is 0. The molecule has 19 nitrogen and oxygen atoms in total. The fourth-order valence-corrected chi connectivity index (χ4v) is 12.1. The number of carbonyl (C=O) groups is 1. The zero-order valence-electron chi connectivity index (χ0n) is 60.4. The lowest BCUT2D eigenvalue weighted by atomic mass is 9.96. The normalized spacial score (nSPS) is 27.3. The van der Waals surface area contributed by atoms with Crippen molar-refractivity contribution in [3.05, 3.63) is 122 Å². The molecule has 1 amide bonds. The SMILES string of the molecule is CC/C=C\C/C=C\C/C=C\C/C=C\C/C=C\C/C=C\C/C=C\CCCCCC(=O)NC(COC1OC(CO)C(OC2OC(CO)C(OC3OC(CO)C(O)C(O)C3O)C(O)C2O)C(O)C1O)C(O)/C=C/CC/C=C/CC/C=C/CCCCCCCCCCCCCCCCCCCCC. The third-order valence-corrected chi connectivity index (χ3v) is 18.2. The molecule has 17 unspecified atom stereocenters. The van der Waals surface area contributed by atoms with E-state index in [4.69, 9.17) is 28.4 Å². The summed E-state index contributed by atoms with van der Waals surface area (Å²) in [5, 5.41) is 121. The second-order valence-corrected chi connectivity index (χ2v) is 26.7. The minimum Gasteiger partial charge on any atom is -0.394 e. The number of aliphatic hydroxyl groups is 11. The fourth-order valence-electron chi connectivity index (χ4n) is 12.1. The van der Waals surface area contributed by atoms with Crippen molar-refractivity contribution in [3.63, 3.8) is 0 Å². The van der Waals surface area contributed by atoms with Gasteiger partial charge in [-0.15, -0.1) is 0 Å². The van der Waals surface area contributed by atoms with Crippen LogP contribution in [-0.4, -0.2) is 193 Å². The monoisotopic (exact) mass is 1400 g/mol. The zero-order valence-corrected chi connectivity index (χ0v) is 60.4. The average Bonchev–Trinajstić information content (AvgIpc) is 0.755. The Bertz CT molecular complexity index is 2260. The molecule has 3 heterocycles. The highest BCUT2D eigenvalue weighted by Gasteiger charge is 2.53. The van der Waals surface area contributed by atoms with Gasteiger partial charge in [0.05, 0.1) is 38.6 Å². The number of rotatable bonds is 58. The number of hydrogen-bond acceptors (Lipinski definition) is 18. The average molecular weight is 1400 g/mol. The lowest BCUT2D eigenvalue weighted by Gasteiger charge is -2.48. The molecule has 0 saturated carbocycles. The van der Waals surface area contributed by atoms with Crippen molar-refractivity contribution in [2.75, 3.05) is 26.4 Å². The van der Waals surface area contributed by atoms with Crippen LogP contribution in [0.15, 0.2) is 122 Å². The Hall–Kier alpha value is -3.81. The Morgan fingerprint density at radius 2 is 0.707 bits per heavy atom. The topological polar surface area (TPSA) is 307 Å². The maximum atomic E-state index is 13.4. The van der Waals surface area contributed by atoms with E-state index in [9.17, 15) is 61.0 Å². The van der Waals surface area contributed by atoms with Gasteiger partial charge in [-0.05, 0) is 103 Å². The van der Waals surface area contributed by atoms with E-state index in [0.29, 0.717) is 12.8 Å². The van der Waals surface area contributed by atoms with Crippen LogP contribution in [0.3, 0.4) is 0 Å². The predicted octanol–water partition coefficient (Wildman–Crippen LogP) is 11.9. The van der Waals surface area contributed by atoms with Crippen LogP contribution in [0, 0.1) is 0 Å². The number of allylic oxidation sites excluding steroid dienone is 19. The first-order valence-corrected chi connectivity index (χ1v) is 38.3. The molecular formula is C80H135NO18. The minimum absolute atomic E-state index is 0.184. The van der Waals surface area contributed by atoms with Crippen LogP contribution in [0.1, 0.15) is 245 Å². The van der Waals surface area contributed by atoms with Crippen molar-refractivity contribution in [2.24, 2.45) is 0 Å². The Kier molecular flexibility index (Phi) is 53.8. The Balaban J connectivity index is 1.44. The van der Waals surface area contributed by atoms with Crippen molar-refractivity contribution in [1.82, 2.24) is 5.32 Å². The number of hydrogen-bond donors (Lipinski definition) is 12. The number of unbranched alkanes of at least 4 members (excludes halogenated alkanes) is 24. The summed E-state index contributed by atoms with van der Waals surface area (Å²) in [6.45, 7) is 1.57. The van der Waals surface area contributed by atoms with Crippen LogP contribution >= 0.6 is 0 Å². The van der Waals surface area contributed by atoms with Crippen LogP contribution in [-0.2, 0) is 33.2 Å². The molecule has 3 rings (SSSR count). The number of carbonyl (C=O) groups excluding carboxylic acids is 1. The first-order valence-electron chi connectivity index (χ1n) is 38.3. The van der Waals surface area contributed by atoms with Gasteiger partial charge < -0.3 is 89.9 Å². The molecule has 0 aromatic rings. The van der Waals surface area contributed by atoms with E-state index in [0.717, 1.165) is 89.9 Å². The second kappa shape index (κ2) is 59.6. The van der Waals surface area contributed by atoms with Crippen molar-refractivity contribution in [1.29, 1.82) is 0 Å². The summed E-state index contributed by atoms with van der Waals surface area (Å²) in [7, 11) is 0. The predicted molar refractivity (Wildman–Crippen MR) is 392 cm³/mol. The number of aliphatic hydroxyl groups excluding tert-OH is 11. The molecule has 0 aliphatic carbocycles. The molecular weight excluding hydrogens is 1260 g/mol. The number of nitrogens with one attached hydrogen (secondary N) is 1. The third kappa shape index (κ3) is 40.2. The zero-order chi connectivity index (χ0) is 71.8. The molecule has 3 aliphatic heterocycles. The molecule has 0 aromatic heterocycles. The summed E-state index contributed by atoms with van der Waals surface area (Å²) >= 11 is 0. The molecule has 0 bridgehead atoms. The van der Waals surface area contributed by atoms with Crippen molar-refractivity contribution in [2.45, 2.75) is 349 Å². The van der Waals surface area contributed by atoms with Crippen LogP contribution in [0.25, 0.3) is 0 Å². The Morgan fingerprint density at radius 3 is 1.13 bits per heavy atom. The first kappa shape index (κ1) is 89.4. The van der Waals surface area contributed by atoms with Gasteiger partial charge in [-0.25, -0.2) is 0 Å². The van der Waals surface area contributed by atoms with E-state index >= 15 is 0 Å². The van der Waals surface area contributed by atoms with Gasteiger partial charge in [0.25, 0.3) is 0 Å². The van der Waals surface area contributed by atoms with Crippen molar-refractivity contribution < 1.29 is 89.4 Å². The number of ether oxygens (including phenoxy) is 6. The smallest absolute Gasteiger partial charge is 0.220 e. The minimum atomic E-state index is -1.99. The van der Waals surface area contributed by atoms with E-state index in [1.54, 1.807) is 6.08 Å². The van der Waals surface area contributed by atoms with E-state index in [1.165, 1.54) is 122 Å². The molecule has 99 heavy (non-hydrogen) atoms. The highest BCUT2D eigenvalue weighted by Crippen LogP contribution is 2.33. The van der Waals surface area contributed by atoms with Crippen molar-refractivity contribution in [3.8, 4) is 0 Å². The van der Waals surface area contributed by atoms with Gasteiger partial charge in [0, 0.05) is 6.42 Å². The van der Waals surface area contributed by atoms with Gasteiger partial charge >= 0.3 is 0 Å². The standard InChI is InChI=1S/C80H135NO18/c1-3-5-7-9-11-13-15-17-19-21-23-25-27-29-30-31-32-34-35-37-39-41-43-45-47-49-51-53-55-57-64(85)63(81-68(86)58-56-54-52-50-48-46-44-42-40-38-36-33-28-26-24-22-20-18-16-14-12-10-8-6-4-2)62-94-78-74(92)71(89)76(66(60-83)96-78)99-80-75(93)72(90)77(67(61-84)97-80)98-79-73(91)70(88)69(87)65(59-82)95-79/h6,8,12,14,18,20,24,26,33,36,39-42,46-49,55,57,63-67,69-80,82-85,87-93H,3-5,7,9-11,13,15-17,19,21-23,25,27-32,34-35,37-38,43-45,50-54,56,58-62H2,1-2H3,(H,81,86)/b8-6-,14-12-,20-18-,26-24-,36-33-,41-39+,42-40-,48-46-,49-47+,57-55+. The van der Waals surface area contributed by atoms with Crippen LogP contribution in [0.5, 0.6) is 0 Å². The van der Waals surface area contributed by atoms with Gasteiger partial charge in [0.15, 0.2) is 18.9 Å². The van der Waals surface area contributed by atoms with Gasteiger partial charge in [-0.3, -0.25) is 4.79 Å². The summed E-state index contributed by atoms with van der Waals surface area (Å²) in [6.07, 6.45) is 56.1. The van der Waals surface area contributed by atoms with E-state index in [-0.39, 0.29) is 12.3 Å². The lowest BCUT2D eigenvalue weighted by molar-refractivity contribution is -0.379. The van der Waals surface area contributed by atoms with Gasteiger partial charge in [0.1, 0.15) is 73.2 Å². The van der Waals surface area contributed by atoms with E-state index in [2.05, 4.69) is 129 Å². The van der Waals surface area contributed by atoms with E-state index in [1.807, 2.05) is 6.08 Å². The van der Waals surface area contributed by atoms with Crippen LogP contribution < -0.4 is 5.32 Å². The molecule has 3 saturated heterocycles. The highest BCUT2D eigenvalue weighted by atomic mass is 16.8. The molecule has 3 aliphatic rings. The molecule has 19 heteroatoms. The molecule has 0 spiro atoms. The Labute approximate surface area is 595 Å². The maximum absolute atomic E-state index is 13.4. The molecule has 17 atom stereocenters. The van der Waals surface area contributed by atoms with Gasteiger partial charge in [0.2, 0.25) is 5.91 Å². The quantitative estimate of drug-likeness (QED) is 0.0199. The van der Waals surface area contributed by atoms with E-state index < -0.39 is 131 Å². The molecule has 3 fully saturated rings. The van der Waals surface area contributed by atoms with Crippen LogP contribution in [0.4, 0.5) is 0 Å². The van der Waals surface area contributed by atoms with Gasteiger partial charge in [-0.2, -0.15) is 0 Å². The van der Waals surface area contributed by atoms with Gasteiger partial charge in [-0.1, -0.05) is 257 Å². The summed E-state index contributed by atoms with van der Waals surface area (Å²) < 4.78 is 34.4. The first-order chi connectivity index (χ1) is 48.3. The molecule has 12 N–H and O–H groups in total.